The van der Waals surface area contributed by atoms with E-state index in [1.165, 1.54) is 33.5 Å². The molecular weight excluding hydrogens is 212 g/mol. The number of rotatable bonds is 4. The molecule has 0 aliphatic carbocycles. The average molecular weight is 226 g/mol. The van der Waals surface area contributed by atoms with Gasteiger partial charge in [-0.2, -0.15) is 0 Å². The van der Waals surface area contributed by atoms with Gasteiger partial charge in [-0.1, -0.05) is 6.07 Å². The average Bonchev–Trinajstić information content (AvgIpc) is 2.31. The number of hydrogen-bond donors (Lipinski definition) is 1. The highest BCUT2D eigenvalue weighted by Gasteiger charge is 2.21. The molecule has 0 aliphatic heterocycles. The standard InChI is InChI=1S/C11H14O5/c1-14-9-6-7(4-5-8(9)12)10(15-2)11(13)16-3/h4-6,10,12H,1-3H3. The van der Waals surface area contributed by atoms with Gasteiger partial charge >= 0.3 is 5.97 Å². The summed E-state index contributed by atoms with van der Waals surface area (Å²) >= 11 is 0. The summed E-state index contributed by atoms with van der Waals surface area (Å²) in [5.74, 6) is -0.218. The smallest absolute Gasteiger partial charge is 0.339 e. The highest BCUT2D eigenvalue weighted by atomic mass is 16.6. The van der Waals surface area contributed by atoms with Gasteiger partial charge in [-0.25, -0.2) is 4.79 Å². The van der Waals surface area contributed by atoms with Crippen LogP contribution in [-0.4, -0.2) is 32.4 Å². The molecule has 16 heavy (non-hydrogen) atoms. The topological polar surface area (TPSA) is 65.0 Å². The summed E-state index contributed by atoms with van der Waals surface area (Å²) in [5, 5.41) is 9.40. The van der Waals surface area contributed by atoms with Gasteiger partial charge in [0.15, 0.2) is 17.6 Å². The maximum absolute atomic E-state index is 11.4. The minimum absolute atomic E-state index is 0.00553. The van der Waals surface area contributed by atoms with Crippen molar-refractivity contribution >= 4 is 5.97 Å². The normalized spacial score (nSPS) is 11.9. The minimum Gasteiger partial charge on any atom is -0.504 e. The molecule has 5 heteroatoms. The van der Waals surface area contributed by atoms with Gasteiger partial charge in [-0.15, -0.1) is 0 Å². The summed E-state index contributed by atoms with van der Waals surface area (Å²) in [4.78, 5) is 11.4. The van der Waals surface area contributed by atoms with Gasteiger partial charge in [0, 0.05) is 7.11 Å². The maximum atomic E-state index is 11.4. The molecule has 0 aliphatic rings. The summed E-state index contributed by atoms with van der Waals surface area (Å²) in [5.41, 5.74) is 0.559. The number of phenolic OH excluding ortho intramolecular Hbond substituents is 1. The van der Waals surface area contributed by atoms with Crippen LogP contribution in [0.15, 0.2) is 18.2 Å². The third kappa shape index (κ3) is 2.43. The Bertz CT molecular complexity index is 375. The molecule has 0 spiro atoms. The van der Waals surface area contributed by atoms with Crippen LogP contribution in [0.1, 0.15) is 11.7 Å². The summed E-state index contributed by atoms with van der Waals surface area (Å²) < 4.78 is 14.5. The number of aromatic hydroxyl groups is 1. The number of ether oxygens (including phenoxy) is 3. The van der Waals surface area contributed by atoms with Gasteiger partial charge in [0.2, 0.25) is 0 Å². The molecule has 0 saturated carbocycles. The highest BCUT2D eigenvalue weighted by molar-refractivity contribution is 5.76. The number of esters is 1. The first kappa shape index (κ1) is 12.3. The van der Waals surface area contributed by atoms with E-state index < -0.39 is 12.1 Å². The van der Waals surface area contributed by atoms with E-state index in [1.807, 2.05) is 0 Å². The monoisotopic (exact) mass is 226 g/mol. The Morgan fingerprint density at radius 2 is 2.00 bits per heavy atom. The van der Waals surface area contributed by atoms with Crippen LogP contribution in [0.25, 0.3) is 0 Å². The minimum atomic E-state index is -0.820. The van der Waals surface area contributed by atoms with Crippen LogP contribution >= 0.6 is 0 Å². The molecule has 1 atom stereocenters. The number of phenols is 1. The first-order valence-corrected chi connectivity index (χ1v) is 4.61. The van der Waals surface area contributed by atoms with E-state index >= 15 is 0 Å². The number of benzene rings is 1. The molecule has 0 radical (unpaired) electrons. The van der Waals surface area contributed by atoms with Crippen LogP contribution in [0.5, 0.6) is 11.5 Å². The van der Waals surface area contributed by atoms with Crippen molar-refractivity contribution in [2.45, 2.75) is 6.10 Å². The Hall–Kier alpha value is -1.75. The van der Waals surface area contributed by atoms with E-state index in [0.717, 1.165) is 0 Å². The Labute approximate surface area is 93.6 Å². The molecule has 1 aromatic rings. The van der Waals surface area contributed by atoms with E-state index in [2.05, 4.69) is 4.74 Å². The second-order valence-electron chi connectivity index (χ2n) is 3.07. The molecule has 0 bridgehead atoms. The molecule has 1 N–H and O–H groups in total. The van der Waals surface area contributed by atoms with Crippen LogP contribution in [0.4, 0.5) is 0 Å². The number of methoxy groups -OCH3 is 3. The van der Waals surface area contributed by atoms with Crippen molar-refractivity contribution in [3.05, 3.63) is 23.8 Å². The molecule has 0 heterocycles. The zero-order valence-electron chi connectivity index (χ0n) is 9.39. The van der Waals surface area contributed by atoms with Crippen molar-refractivity contribution in [1.29, 1.82) is 0 Å². The van der Waals surface area contributed by atoms with Gasteiger partial charge in [0.25, 0.3) is 0 Å². The molecule has 0 amide bonds. The van der Waals surface area contributed by atoms with E-state index in [9.17, 15) is 9.90 Å². The molecule has 1 aromatic carbocycles. The van der Waals surface area contributed by atoms with Gasteiger partial charge in [0.05, 0.1) is 14.2 Å². The van der Waals surface area contributed by atoms with E-state index in [-0.39, 0.29) is 11.5 Å². The molecular formula is C11H14O5. The lowest BCUT2D eigenvalue weighted by atomic mass is 10.1. The van der Waals surface area contributed by atoms with Crippen LogP contribution in [0.2, 0.25) is 0 Å². The third-order valence-corrected chi connectivity index (χ3v) is 2.16. The number of carbonyl (C=O) groups is 1. The predicted octanol–water partition coefficient (Wildman–Crippen LogP) is 1.26. The van der Waals surface area contributed by atoms with Crippen molar-refractivity contribution in [3.63, 3.8) is 0 Å². The number of carbonyl (C=O) groups excluding carboxylic acids is 1. The Morgan fingerprint density at radius 3 is 2.50 bits per heavy atom. The molecule has 1 rings (SSSR count). The van der Waals surface area contributed by atoms with Crippen LogP contribution < -0.4 is 4.74 Å². The Kier molecular flexibility index (Phi) is 4.13. The zero-order chi connectivity index (χ0) is 12.1. The summed E-state index contributed by atoms with van der Waals surface area (Å²) in [6.07, 6.45) is -0.820. The third-order valence-electron chi connectivity index (χ3n) is 2.16. The first-order chi connectivity index (χ1) is 7.63. The van der Waals surface area contributed by atoms with Crippen LogP contribution in [0.3, 0.4) is 0 Å². The fraction of sp³-hybridized carbons (Fsp3) is 0.364. The van der Waals surface area contributed by atoms with Gasteiger partial charge in [0.1, 0.15) is 0 Å². The summed E-state index contributed by atoms with van der Waals surface area (Å²) in [6, 6.07) is 4.53. The Balaban J connectivity index is 3.06. The molecule has 5 nitrogen and oxygen atoms in total. The predicted molar refractivity (Wildman–Crippen MR) is 56.4 cm³/mol. The largest absolute Gasteiger partial charge is 0.504 e. The Morgan fingerprint density at radius 1 is 1.31 bits per heavy atom. The fourth-order valence-electron chi connectivity index (χ4n) is 1.33. The van der Waals surface area contributed by atoms with Crippen LogP contribution in [-0.2, 0) is 14.3 Å². The highest BCUT2D eigenvalue weighted by Crippen LogP contribution is 2.30. The summed E-state index contributed by atoms with van der Waals surface area (Å²) in [6.45, 7) is 0. The first-order valence-electron chi connectivity index (χ1n) is 4.61. The fourth-order valence-corrected chi connectivity index (χ4v) is 1.33. The molecule has 0 aromatic heterocycles. The molecule has 0 fully saturated rings. The molecule has 1 unspecified atom stereocenters. The van der Waals surface area contributed by atoms with Crippen molar-refractivity contribution in [2.24, 2.45) is 0 Å². The van der Waals surface area contributed by atoms with Crippen LogP contribution in [0, 0.1) is 0 Å². The van der Waals surface area contributed by atoms with E-state index in [1.54, 1.807) is 6.07 Å². The van der Waals surface area contributed by atoms with E-state index in [0.29, 0.717) is 5.56 Å². The van der Waals surface area contributed by atoms with E-state index in [4.69, 9.17) is 9.47 Å². The lowest BCUT2D eigenvalue weighted by Crippen LogP contribution is -2.16. The lowest BCUT2D eigenvalue weighted by molar-refractivity contribution is -0.152. The maximum Gasteiger partial charge on any atom is 0.339 e. The molecule has 0 saturated heterocycles. The van der Waals surface area contributed by atoms with Gasteiger partial charge in [-0.05, 0) is 17.7 Å². The quantitative estimate of drug-likeness (QED) is 0.783. The molecule has 88 valence electrons. The van der Waals surface area contributed by atoms with Crippen molar-refractivity contribution in [2.75, 3.05) is 21.3 Å². The van der Waals surface area contributed by atoms with Crippen molar-refractivity contribution < 1.29 is 24.1 Å². The lowest BCUT2D eigenvalue weighted by Gasteiger charge is -2.14. The second kappa shape index (κ2) is 5.37. The van der Waals surface area contributed by atoms with Gasteiger partial charge < -0.3 is 19.3 Å². The number of hydrogen-bond acceptors (Lipinski definition) is 5. The van der Waals surface area contributed by atoms with Crippen molar-refractivity contribution in [1.82, 2.24) is 0 Å². The second-order valence-corrected chi connectivity index (χ2v) is 3.07. The van der Waals surface area contributed by atoms with Gasteiger partial charge in [-0.3, -0.25) is 0 Å². The SMILES string of the molecule is COC(=O)C(OC)c1ccc(O)c(OC)c1. The van der Waals surface area contributed by atoms with Crippen molar-refractivity contribution in [3.8, 4) is 11.5 Å². The zero-order valence-corrected chi connectivity index (χ0v) is 9.39. The summed E-state index contributed by atoms with van der Waals surface area (Å²) in [7, 11) is 4.12.